The highest BCUT2D eigenvalue weighted by molar-refractivity contribution is 9.10. The van der Waals surface area contributed by atoms with Gasteiger partial charge in [-0.2, -0.15) is 0 Å². The van der Waals surface area contributed by atoms with Gasteiger partial charge in [0, 0.05) is 4.47 Å². The Morgan fingerprint density at radius 1 is 1.21 bits per heavy atom. The van der Waals surface area contributed by atoms with E-state index in [1.807, 2.05) is 24.3 Å². The minimum Gasteiger partial charge on any atom is -0.488 e. The number of hydrogen-bond acceptors (Lipinski definition) is 2. The number of rotatable bonds is 2. The molecule has 0 aromatic heterocycles. The van der Waals surface area contributed by atoms with Crippen LogP contribution in [0.3, 0.4) is 0 Å². The van der Waals surface area contributed by atoms with Gasteiger partial charge in [0.15, 0.2) is 0 Å². The zero-order chi connectivity index (χ0) is 9.97. The van der Waals surface area contributed by atoms with E-state index in [4.69, 9.17) is 4.74 Å². The fourth-order valence-corrected chi connectivity index (χ4v) is 2.00. The maximum Gasteiger partial charge on any atom is 0.124 e. The summed E-state index contributed by atoms with van der Waals surface area (Å²) in [7, 11) is 0. The summed E-state index contributed by atoms with van der Waals surface area (Å²) < 4.78 is 6.71. The second-order valence-corrected chi connectivity index (χ2v) is 4.52. The number of hydrogen-bond donors (Lipinski definition) is 1. The van der Waals surface area contributed by atoms with E-state index in [0.29, 0.717) is 0 Å². The van der Waals surface area contributed by atoms with Gasteiger partial charge in [-0.3, -0.25) is 0 Å². The monoisotopic (exact) mass is 256 g/mol. The minimum atomic E-state index is -0.293. The lowest BCUT2D eigenvalue weighted by atomic mass is 10.2. The molecule has 3 heteroatoms. The van der Waals surface area contributed by atoms with Crippen LogP contribution in [0.2, 0.25) is 0 Å². The topological polar surface area (TPSA) is 29.5 Å². The van der Waals surface area contributed by atoms with E-state index >= 15 is 0 Å². The van der Waals surface area contributed by atoms with Crippen LogP contribution in [0.5, 0.6) is 5.75 Å². The van der Waals surface area contributed by atoms with E-state index in [9.17, 15) is 5.11 Å². The minimum absolute atomic E-state index is 0.0174. The standard InChI is InChI=1S/C11H13BrO2/c12-8-4-6-9(7-5-8)14-11-3-1-2-10(11)13/h4-7,10-11,13H,1-3H2. The maximum atomic E-state index is 9.57. The van der Waals surface area contributed by atoms with E-state index in [2.05, 4.69) is 15.9 Å². The van der Waals surface area contributed by atoms with Crippen molar-refractivity contribution >= 4 is 15.9 Å². The molecule has 0 heterocycles. The van der Waals surface area contributed by atoms with Gasteiger partial charge in [-0.05, 0) is 43.5 Å². The molecule has 0 spiro atoms. The predicted molar refractivity (Wildman–Crippen MR) is 58.4 cm³/mol. The van der Waals surface area contributed by atoms with Crippen molar-refractivity contribution in [3.05, 3.63) is 28.7 Å². The highest BCUT2D eigenvalue weighted by Gasteiger charge is 2.26. The fraction of sp³-hybridized carbons (Fsp3) is 0.455. The van der Waals surface area contributed by atoms with Gasteiger partial charge in [-0.15, -0.1) is 0 Å². The molecule has 0 saturated heterocycles. The van der Waals surface area contributed by atoms with E-state index in [1.54, 1.807) is 0 Å². The van der Waals surface area contributed by atoms with Crippen LogP contribution in [0, 0.1) is 0 Å². The summed E-state index contributed by atoms with van der Waals surface area (Å²) in [5.41, 5.74) is 0. The lowest BCUT2D eigenvalue weighted by Gasteiger charge is -2.16. The van der Waals surface area contributed by atoms with E-state index in [0.717, 1.165) is 29.5 Å². The van der Waals surface area contributed by atoms with E-state index in [1.165, 1.54) is 0 Å². The van der Waals surface area contributed by atoms with Crippen molar-refractivity contribution in [1.82, 2.24) is 0 Å². The maximum absolute atomic E-state index is 9.57. The van der Waals surface area contributed by atoms with E-state index in [-0.39, 0.29) is 12.2 Å². The number of aliphatic hydroxyl groups excluding tert-OH is 1. The first kappa shape index (κ1) is 9.99. The smallest absolute Gasteiger partial charge is 0.124 e. The Hall–Kier alpha value is -0.540. The third-order valence-corrected chi connectivity index (χ3v) is 3.05. The Kier molecular flexibility index (Phi) is 3.08. The quantitative estimate of drug-likeness (QED) is 0.882. The average Bonchev–Trinajstić information content (AvgIpc) is 2.56. The molecule has 2 unspecified atom stereocenters. The fourth-order valence-electron chi connectivity index (χ4n) is 1.73. The SMILES string of the molecule is OC1CCCC1Oc1ccc(Br)cc1. The van der Waals surface area contributed by atoms with Gasteiger partial charge < -0.3 is 9.84 Å². The molecule has 2 atom stereocenters. The Morgan fingerprint density at radius 3 is 2.50 bits per heavy atom. The molecule has 1 aromatic carbocycles. The molecular formula is C11H13BrO2. The van der Waals surface area contributed by atoms with Crippen molar-refractivity contribution in [2.24, 2.45) is 0 Å². The van der Waals surface area contributed by atoms with Gasteiger partial charge in [0.2, 0.25) is 0 Å². The first-order valence-electron chi connectivity index (χ1n) is 4.86. The zero-order valence-electron chi connectivity index (χ0n) is 7.82. The van der Waals surface area contributed by atoms with Crippen LogP contribution in [-0.2, 0) is 0 Å². The summed E-state index contributed by atoms with van der Waals surface area (Å²) in [5.74, 6) is 0.833. The number of aliphatic hydroxyl groups is 1. The molecule has 1 fully saturated rings. The molecule has 0 aliphatic heterocycles. The molecule has 14 heavy (non-hydrogen) atoms. The van der Waals surface area contributed by atoms with Crippen LogP contribution in [0.25, 0.3) is 0 Å². The summed E-state index contributed by atoms with van der Waals surface area (Å²) in [5, 5.41) is 9.57. The van der Waals surface area contributed by atoms with Gasteiger partial charge in [0.1, 0.15) is 11.9 Å². The van der Waals surface area contributed by atoms with E-state index < -0.39 is 0 Å². The normalized spacial score (nSPS) is 26.4. The van der Waals surface area contributed by atoms with Crippen LogP contribution in [0.15, 0.2) is 28.7 Å². The molecule has 0 amide bonds. The molecule has 76 valence electrons. The second kappa shape index (κ2) is 4.32. The lowest BCUT2D eigenvalue weighted by molar-refractivity contribution is 0.0604. The highest BCUT2D eigenvalue weighted by Crippen LogP contribution is 2.25. The summed E-state index contributed by atoms with van der Waals surface area (Å²) in [4.78, 5) is 0. The van der Waals surface area contributed by atoms with Gasteiger partial charge in [0.05, 0.1) is 6.10 Å². The Labute approximate surface area is 92.0 Å². The molecule has 1 aromatic rings. The number of benzene rings is 1. The van der Waals surface area contributed by atoms with Gasteiger partial charge in [-0.1, -0.05) is 15.9 Å². The first-order valence-corrected chi connectivity index (χ1v) is 5.65. The Bertz CT molecular complexity index is 297. The molecule has 1 saturated carbocycles. The highest BCUT2D eigenvalue weighted by atomic mass is 79.9. The van der Waals surface area contributed by atoms with Crippen LogP contribution in [0.4, 0.5) is 0 Å². The predicted octanol–water partition coefficient (Wildman–Crippen LogP) is 2.74. The van der Waals surface area contributed by atoms with Crippen molar-refractivity contribution < 1.29 is 9.84 Å². The molecule has 1 aliphatic rings. The Morgan fingerprint density at radius 2 is 1.93 bits per heavy atom. The zero-order valence-corrected chi connectivity index (χ0v) is 9.40. The summed E-state index contributed by atoms with van der Waals surface area (Å²) >= 11 is 3.37. The third kappa shape index (κ3) is 2.28. The second-order valence-electron chi connectivity index (χ2n) is 3.61. The number of ether oxygens (including phenoxy) is 1. The molecule has 2 rings (SSSR count). The molecular weight excluding hydrogens is 244 g/mol. The molecule has 1 aliphatic carbocycles. The van der Waals surface area contributed by atoms with Gasteiger partial charge >= 0.3 is 0 Å². The van der Waals surface area contributed by atoms with Crippen molar-refractivity contribution in [2.75, 3.05) is 0 Å². The average molecular weight is 257 g/mol. The van der Waals surface area contributed by atoms with Crippen LogP contribution >= 0.6 is 15.9 Å². The molecule has 0 bridgehead atoms. The summed E-state index contributed by atoms with van der Waals surface area (Å²) in [6.07, 6.45) is 2.57. The van der Waals surface area contributed by atoms with Crippen LogP contribution in [0.1, 0.15) is 19.3 Å². The van der Waals surface area contributed by atoms with Crippen molar-refractivity contribution in [3.8, 4) is 5.75 Å². The molecule has 1 N–H and O–H groups in total. The molecule has 0 radical (unpaired) electrons. The van der Waals surface area contributed by atoms with Crippen LogP contribution < -0.4 is 4.74 Å². The molecule has 2 nitrogen and oxygen atoms in total. The number of halogens is 1. The summed E-state index contributed by atoms with van der Waals surface area (Å²) in [6.45, 7) is 0. The Balaban J connectivity index is 2.00. The van der Waals surface area contributed by atoms with Crippen molar-refractivity contribution in [1.29, 1.82) is 0 Å². The van der Waals surface area contributed by atoms with Gasteiger partial charge in [0.25, 0.3) is 0 Å². The third-order valence-electron chi connectivity index (χ3n) is 2.52. The van der Waals surface area contributed by atoms with Crippen LogP contribution in [-0.4, -0.2) is 17.3 Å². The largest absolute Gasteiger partial charge is 0.488 e. The van der Waals surface area contributed by atoms with Gasteiger partial charge in [-0.25, -0.2) is 0 Å². The first-order chi connectivity index (χ1) is 6.75. The van der Waals surface area contributed by atoms with Crippen molar-refractivity contribution in [2.45, 2.75) is 31.5 Å². The summed E-state index contributed by atoms with van der Waals surface area (Å²) in [6, 6.07) is 7.71. The lowest BCUT2D eigenvalue weighted by Crippen LogP contribution is -2.25. The van der Waals surface area contributed by atoms with Crippen molar-refractivity contribution in [3.63, 3.8) is 0 Å².